The number of aliphatic hydroxyl groups excluding tert-OH is 1. The molecule has 40 heavy (non-hydrogen) atoms. The van der Waals surface area contributed by atoms with Gasteiger partial charge in [-0.3, -0.25) is 4.79 Å². The first-order valence-electron chi connectivity index (χ1n) is 14.7. The van der Waals surface area contributed by atoms with E-state index in [2.05, 4.69) is 58.7 Å². The van der Waals surface area contributed by atoms with Crippen LogP contribution in [0, 0.1) is 0 Å². The van der Waals surface area contributed by atoms with Crippen molar-refractivity contribution in [2.24, 2.45) is 0 Å². The Hall–Kier alpha value is -3.03. The molecule has 0 bridgehead atoms. The fourth-order valence-corrected chi connectivity index (χ4v) is 5.77. The van der Waals surface area contributed by atoms with Gasteiger partial charge in [-0.05, 0) is 65.9 Å². The number of nitrogens with zero attached hydrogens (tertiary/aromatic N) is 1. The third-order valence-electron chi connectivity index (χ3n) is 7.99. The third-order valence-corrected chi connectivity index (χ3v) is 7.99. The lowest BCUT2D eigenvalue weighted by Crippen LogP contribution is -2.40. The number of carbonyl (C=O) groups excluding carboxylic acids is 1. The van der Waals surface area contributed by atoms with Crippen LogP contribution >= 0.6 is 0 Å². The van der Waals surface area contributed by atoms with Crippen molar-refractivity contribution in [2.75, 3.05) is 19.6 Å². The maximum Gasteiger partial charge on any atom is 0.217 e. The molecule has 0 aromatic heterocycles. The average Bonchev–Trinajstić information content (AvgIpc) is 2.97. The van der Waals surface area contributed by atoms with Crippen molar-refractivity contribution in [1.29, 1.82) is 0 Å². The maximum absolute atomic E-state index is 11.4. The molecular weight excluding hydrogens is 500 g/mol. The Morgan fingerprint density at radius 2 is 1.55 bits per heavy atom. The summed E-state index contributed by atoms with van der Waals surface area (Å²) in [6.07, 6.45) is 6.78. The van der Waals surface area contributed by atoms with Crippen LogP contribution in [-0.2, 0) is 27.4 Å². The van der Waals surface area contributed by atoms with Crippen LogP contribution in [0.15, 0.2) is 72.8 Å². The molecule has 2 heterocycles. The predicted molar refractivity (Wildman–Crippen MR) is 157 cm³/mol. The standard InChI is InChI=1S/C34H42N2O4/c1-25(38)35-22-27-9-7-10-29(19-27)30-11-8-12-31(20-30)34-39-32(23-36-17-5-3-2-4-6-18-36)21-33(40-34)28-15-13-26(24-37)14-16-28/h7-16,19-20,32-34,37H,2-6,17-18,21-24H2,1H3,(H,35,38)/t32-,33+,34+/m1/s1. The summed E-state index contributed by atoms with van der Waals surface area (Å²) < 4.78 is 13.3. The van der Waals surface area contributed by atoms with Crippen LogP contribution in [0.1, 0.15) is 80.1 Å². The van der Waals surface area contributed by atoms with E-state index in [4.69, 9.17) is 9.47 Å². The molecule has 2 saturated heterocycles. The molecular formula is C34H42N2O4. The van der Waals surface area contributed by atoms with Gasteiger partial charge < -0.3 is 24.8 Å². The van der Waals surface area contributed by atoms with E-state index in [0.717, 1.165) is 59.4 Å². The quantitative estimate of drug-likeness (QED) is 0.350. The summed E-state index contributed by atoms with van der Waals surface area (Å²) in [6.45, 7) is 5.25. The minimum atomic E-state index is -0.474. The molecule has 212 valence electrons. The minimum Gasteiger partial charge on any atom is -0.392 e. The minimum absolute atomic E-state index is 0.0356. The number of benzene rings is 3. The molecule has 6 nitrogen and oxygen atoms in total. The van der Waals surface area contributed by atoms with Crippen LogP contribution in [0.4, 0.5) is 0 Å². The molecule has 0 aliphatic carbocycles. The number of nitrogens with one attached hydrogen (secondary N) is 1. The van der Waals surface area contributed by atoms with Gasteiger partial charge in [-0.2, -0.15) is 0 Å². The van der Waals surface area contributed by atoms with Crippen LogP contribution < -0.4 is 5.32 Å². The molecule has 2 N–H and O–H groups in total. The SMILES string of the molecule is CC(=O)NCc1cccc(-c2cccc([C@H]3O[C@@H](CN4CCCCCCC4)C[C@@H](c4ccc(CO)cc4)O3)c2)c1. The lowest BCUT2D eigenvalue weighted by molar-refractivity contribution is -0.253. The first-order chi connectivity index (χ1) is 19.6. The second kappa shape index (κ2) is 14.0. The summed E-state index contributed by atoms with van der Waals surface area (Å²) in [5.41, 5.74) is 6.25. The van der Waals surface area contributed by atoms with Gasteiger partial charge in [-0.15, -0.1) is 0 Å². The van der Waals surface area contributed by atoms with Crippen molar-refractivity contribution >= 4 is 5.91 Å². The largest absolute Gasteiger partial charge is 0.392 e. The number of carbonyl (C=O) groups is 1. The van der Waals surface area contributed by atoms with Crippen molar-refractivity contribution < 1.29 is 19.4 Å². The van der Waals surface area contributed by atoms with E-state index in [1.54, 1.807) is 0 Å². The lowest BCUT2D eigenvalue weighted by Gasteiger charge is -2.39. The van der Waals surface area contributed by atoms with Gasteiger partial charge in [-0.1, -0.05) is 79.9 Å². The highest BCUT2D eigenvalue weighted by molar-refractivity contribution is 5.73. The van der Waals surface area contributed by atoms with E-state index in [0.29, 0.717) is 6.54 Å². The zero-order valence-electron chi connectivity index (χ0n) is 23.6. The number of ether oxygens (including phenoxy) is 2. The zero-order valence-corrected chi connectivity index (χ0v) is 23.6. The van der Waals surface area contributed by atoms with E-state index in [-0.39, 0.29) is 24.7 Å². The van der Waals surface area contributed by atoms with Gasteiger partial charge in [-0.25, -0.2) is 0 Å². The number of rotatable bonds is 8. The highest BCUT2D eigenvalue weighted by atomic mass is 16.7. The molecule has 0 saturated carbocycles. The fourth-order valence-electron chi connectivity index (χ4n) is 5.77. The van der Waals surface area contributed by atoms with Gasteiger partial charge in [0.05, 0.1) is 18.8 Å². The summed E-state index contributed by atoms with van der Waals surface area (Å²) in [5, 5.41) is 12.4. The second-order valence-corrected chi connectivity index (χ2v) is 11.2. The normalized spacial score (nSPS) is 22.3. The molecule has 3 aromatic rings. The highest BCUT2D eigenvalue weighted by Crippen LogP contribution is 2.39. The Morgan fingerprint density at radius 1 is 0.850 bits per heavy atom. The first kappa shape index (κ1) is 28.5. The van der Waals surface area contributed by atoms with E-state index in [9.17, 15) is 9.90 Å². The Kier molecular flexibility index (Phi) is 10.0. The van der Waals surface area contributed by atoms with E-state index < -0.39 is 6.29 Å². The number of aliphatic hydroxyl groups is 1. The molecule has 2 aliphatic heterocycles. The van der Waals surface area contributed by atoms with Crippen LogP contribution in [0.2, 0.25) is 0 Å². The Bertz CT molecular complexity index is 1240. The summed E-state index contributed by atoms with van der Waals surface area (Å²) in [5.74, 6) is -0.0372. The van der Waals surface area contributed by atoms with Gasteiger partial charge in [0.25, 0.3) is 0 Å². The van der Waals surface area contributed by atoms with Gasteiger partial charge >= 0.3 is 0 Å². The van der Waals surface area contributed by atoms with Crippen LogP contribution in [0.25, 0.3) is 11.1 Å². The number of amides is 1. The van der Waals surface area contributed by atoms with Crippen LogP contribution in [-0.4, -0.2) is 41.7 Å². The third kappa shape index (κ3) is 7.79. The zero-order chi connectivity index (χ0) is 27.7. The van der Waals surface area contributed by atoms with Crippen LogP contribution in [0.5, 0.6) is 0 Å². The maximum atomic E-state index is 11.4. The number of likely N-dealkylation sites (tertiary alicyclic amines) is 1. The molecule has 1 amide bonds. The van der Waals surface area contributed by atoms with Crippen molar-refractivity contribution in [3.05, 3.63) is 95.1 Å². The average molecular weight is 543 g/mol. The van der Waals surface area contributed by atoms with Crippen molar-refractivity contribution in [3.8, 4) is 11.1 Å². The van der Waals surface area contributed by atoms with Gasteiger partial charge in [0.1, 0.15) is 0 Å². The molecule has 2 fully saturated rings. The molecule has 0 spiro atoms. The summed E-state index contributed by atoms with van der Waals surface area (Å²) in [6, 6.07) is 24.8. The predicted octanol–water partition coefficient (Wildman–Crippen LogP) is 6.29. The summed E-state index contributed by atoms with van der Waals surface area (Å²) in [7, 11) is 0. The second-order valence-electron chi connectivity index (χ2n) is 11.2. The lowest BCUT2D eigenvalue weighted by atomic mass is 9.98. The Labute approximate surface area is 238 Å². The molecule has 0 unspecified atom stereocenters. The molecule has 3 atom stereocenters. The van der Waals surface area contributed by atoms with E-state index >= 15 is 0 Å². The first-order valence-corrected chi connectivity index (χ1v) is 14.7. The monoisotopic (exact) mass is 542 g/mol. The highest BCUT2D eigenvalue weighted by Gasteiger charge is 2.33. The molecule has 6 heteroatoms. The molecule has 0 radical (unpaired) electrons. The number of hydrogen-bond donors (Lipinski definition) is 2. The fraction of sp³-hybridized carbons (Fsp3) is 0.441. The van der Waals surface area contributed by atoms with Gasteiger partial charge in [0.2, 0.25) is 5.91 Å². The molecule has 2 aliphatic rings. The van der Waals surface area contributed by atoms with Gasteiger partial charge in [0.15, 0.2) is 6.29 Å². The molecule has 3 aromatic carbocycles. The topological polar surface area (TPSA) is 71.0 Å². The van der Waals surface area contributed by atoms with Crippen molar-refractivity contribution in [3.63, 3.8) is 0 Å². The smallest absolute Gasteiger partial charge is 0.217 e. The summed E-state index contributed by atoms with van der Waals surface area (Å²) >= 11 is 0. The Balaban J connectivity index is 1.37. The summed E-state index contributed by atoms with van der Waals surface area (Å²) in [4.78, 5) is 14.0. The number of hydrogen-bond acceptors (Lipinski definition) is 5. The van der Waals surface area contributed by atoms with Crippen molar-refractivity contribution in [1.82, 2.24) is 10.2 Å². The van der Waals surface area contributed by atoms with E-state index in [1.807, 2.05) is 24.3 Å². The van der Waals surface area contributed by atoms with Crippen LogP contribution in [0.3, 0.4) is 0 Å². The van der Waals surface area contributed by atoms with E-state index in [1.165, 1.54) is 39.0 Å². The van der Waals surface area contributed by atoms with Crippen molar-refractivity contribution in [2.45, 2.75) is 77.1 Å². The Morgan fingerprint density at radius 3 is 2.27 bits per heavy atom. The van der Waals surface area contributed by atoms with Gasteiger partial charge in [0, 0.05) is 32.0 Å². The molecule has 5 rings (SSSR count).